The van der Waals surface area contributed by atoms with Gasteiger partial charge in [-0.05, 0) is 32.1 Å². The normalized spacial score (nSPS) is 21.8. The minimum absolute atomic E-state index is 0.0794. The first-order valence-electron chi connectivity index (χ1n) is 6.99. The van der Waals surface area contributed by atoms with E-state index in [9.17, 15) is 4.79 Å². The molecule has 2 aliphatic rings. The second-order valence-electron chi connectivity index (χ2n) is 5.19. The van der Waals surface area contributed by atoms with Crippen molar-refractivity contribution >= 4 is 6.03 Å². The Morgan fingerprint density at radius 1 is 1.12 bits per heavy atom. The number of piperidine rings is 1. The zero-order chi connectivity index (χ0) is 12.1. The molecule has 0 bridgehead atoms. The van der Waals surface area contributed by atoms with Gasteiger partial charge in [-0.25, -0.2) is 4.79 Å². The summed E-state index contributed by atoms with van der Waals surface area (Å²) in [5.41, 5.74) is 0. The van der Waals surface area contributed by atoms with Gasteiger partial charge in [0.2, 0.25) is 0 Å². The minimum atomic E-state index is 0.0794. The molecule has 0 aromatic heterocycles. The summed E-state index contributed by atoms with van der Waals surface area (Å²) in [5.74, 6) is 0. The fourth-order valence-corrected chi connectivity index (χ4v) is 3.02. The number of nitrogens with zero attached hydrogens (tertiary/aromatic N) is 2. The molecule has 98 valence electrons. The maximum absolute atomic E-state index is 12.4. The number of aliphatic hydroxyl groups is 1. The second kappa shape index (κ2) is 6.24. The molecule has 1 saturated carbocycles. The molecule has 0 unspecified atom stereocenters. The summed E-state index contributed by atoms with van der Waals surface area (Å²) in [5, 5.41) is 9.13. The van der Waals surface area contributed by atoms with Crippen LogP contribution in [0.2, 0.25) is 0 Å². The van der Waals surface area contributed by atoms with Crippen LogP contribution in [0.5, 0.6) is 0 Å². The zero-order valence-electron chi connectivity index (χ0n) is 10.6. The van der Waals surface area contributed by atoms with Gasteiger partial charge in [-0.2, -0.15) is 0 Å². The van der Waals surface area contributed by atoms with Crippen LogP contribution in [-0.2, 0) is 0 Å². The van der Waals surface area contributed by atoms with E-state index in [1.165, 1.54) is 19.3 Å². The average molecular weight is 240 g/mol. The topological polar surface area (TPSA) is 43.8 Å². The Kier molecular flexibility index (Phi) is 4.66. The Morgan fingerprint density at radius 3 is 2.35 bits per heavy atom. The van der Waals surface area contributed by atoms with E-state index in [0.29, 0.717) is 12.6 Å². The highest BCUT2D eigenvalue weighted by Crippen LogP contribution is 2.25. The first-order chi connectivity index (χ1) is 8.33. The van der Waals surface area contributed by atoms with E-state index in [2.05, 4.69) is 0 Å². The number of hydrogen-bond donors (Lipinski definition) is 1. The third kappa shape index (κ3) is 3.12. The summed E-state index contributed by atoms with van der Waals surface area (Å²) < 4.78 is 0. The zero-order valence-corrected chi connectivity index (χ0v) is 10.6. The van der Waals surface area contributed by atoms with E-state index in [1.807, 2.05) is 9.80 Å². The highest BCUT2D eigenvalue weighted by Gasteiger charge is 2.29. The first kappa shape index (κ1) is 12.7. The van der Waals surface area contributed by atoms with E-state index >= 15 is 0 Å². The van der Waals surface area contributed by atoms with Gasteiger partial charge in [0.05, 0.1) is 6.61 Å². The first-order valence-corrected chi connectivity index (χ1v) is 6.99. The molecule has 1 aliphatic carbocycles. The van der Waals surface area contributed by atoms with Crippen LogP contribution < -0.4 is 0 Å². The third-order valence-electron chi connectivity index (χ3n) is 3.98. The molecule has 4 heteroatoms. The smallest absolute Gasteiger partial charge is 0.320 e. The fraction of sp³-hybridized carbons (Fsp3) is 0.923. The van der Waals surface area contributed by atoms with Crippen molar-refractivity contribution in [1.29, 1.82) is 0 Å². The van der Waals surface area contributed by atoms with Crippen molar-refractivity contribution in [3.63, 3.8) is 0 Å². The van der Waals surface area contributed by atoms with Crippen LogP contribution in [0.1, 0.15) is 44.9 Å². The van der Waals surface area contributed by atoms with Crippen LogP contribution in [0.25, 0.3) is 0 Å². The lowest BCUT2D eigenvalue weighted by molar-refractivity contribution is 0.112. The van der Waals surface area contributed by atoms with Crippen LogP contribution in [0, 0.1) is 0 Å². The SMILES string of the molecule is O=C(N1CCCCC1)N(CCO)C1CCCC1. The maximum Gasteiger partial charge on any atom is 0.320 e. The molecule has 0 atom stereocenters. The summed E-state index contributed by atoms with van der Waals surface area (Å²) >= 11 is 0. The van der Waals surface area contributed by atoms with Crippen LogP contribution in [0.3, 0.4) is 0 Å². The molecule has 1 aliphatic heterocycles. The summed E-state index contributed by atoms with van der Waals surface area (Å²) in [7, 11) is 0. The lowest BCUT2D eigenvalue weighted by Crippen LogP contribution is -2.50. The van der Waals surface area contributed by atoms with Gasteiger partial charge in [-0.3, -0.25) is 0 Å². The van der Waals surface area contributed by atoms with Crippen LogP contribution in [0.4, 0.5) is 4.79 Å². The highest BCUT2D eigenvalue weighted by atomic mass is 16.3. The van der Waals surface area contributed by atoms with Crippen molar-refractivity contribution in [3.05, 3.63) is 0 Å². The summed E-state index contributed by atoms with van der Waals surface area (Å²) in [6, 6.07) is 0.530. The Morgan fingerprint density at radius 2 is 1.76 bits per heavy atom. The molecule has 1 heterocycles. The molecule has 0 aromatic carbocycles. The minimum Gasteiger partial charge on any atom is -0.395 e. The number of hydrogen-bond acceptors (Lipinski definition) is 2. The van der Waals surface area contributed by atoms with E-state index < -0.39 is 0 Å². The molecule has 1 saturated heterocycles. The van der Waals surface area contributed by atoms with Crippen molar-refractivity contribution in [1.82, 2.24) is 9.80 Å². The molecular weight excluding hydrogens is 216 g/mol. The molecule has 4 nitrogen and oxygen atoms in total. The molecule has 2 rings (SSSR count). The van der Waals surface area contributed by atoms with Crippen LogP contribution in [0.15, 0.2) is 0 Å². The van der Waals surface area contributed by atoms with Crippen LogP contribution in [-0.4, -0.2) is 53.2 Å². The molecule has 2 amide bonds. The summed E-state index contributed by atoms with van der Waals surface area (Å²) in [6.45, 7) is 2.37. The van der Waals surface area contributed by atoms with E-state index in [0.717, 1.165) is 38.8 Å². The number of likely N-dealkylation sites (tertiary alicyclic amines) is 1. The quantitative estimate of drug-likeness (QED) is 0.818. The number of amides is 2. The lowest BCUT2D eigenvalue weighted by atomic mass is 10.1. The van der Waals surface area contributed by atoms with E-state index in [1.54, 1.807) is 0 Å². The molecule has 0 aromatic rings. The lowest BCUT2D eigenvalue weighted by Gasteiger charge is -2.36. The highest BCUT2D eigenvalue weighted by molar-refractivity contribution is 5.75. The monoisotopic (exact) mass is 240 g/mol. The Balaban J connectivity index is 1.95. The standard InChI is InChI=1S/C13H24N2O2/c16-11-10-15(12-6-2-3-7-12)13(17)14-8-4-1-5-9-14/h12,16H,1-11H2. The van der Waals surface area contributed by atoms with Gasteiger partial charge >= 0.3 is 6.03 Å². The molecule has 0 spiro atoms. The number of carbonyl (C=O) groups excluding carboxylic acids is 1. The van der Waals surface area contributed by atoms with Gasteiger partial charge in [0.1, 0.15) is 0 Å². The Labute approximate surface area is 104 Å². The number of rotatable bonds is 3. The largest absolute Gasteiger partial charge is 0.395 e. The predicted octanol–water partition coefficient (Wildman–Crippen LogP) is 1.83. The number of aliphatic hydroxyl groups excluding tert-OH is 1. The van der Waals surface area contributed by atoms with Crippen molar-refractivity contribution in [3.8, 4) is 0 Å². The number of carbonyl (C=O) groups is 1. The van der Waals surface area contributed by atoms with Gasteiger partial charge < -0.3 is 14.9 Å². The van der Waals surface area contributed by atoms with E-state index in [-0.39, 0.29) is 12.6 Å². The van der Waals surface area contributed by atoms with Crippen molar-refractivity contribution < 1.29 is 9.90 Å². The average Bonchev–Trinajstić information content (AvgIpc) is 2.90. The molecule has 17 heavy (non-hydrogen) atoms. The fourth-order valence-electron chi connectivity index (χ4n) is 3.02. The molecule has 2 fully saturated rings. The summed E-state index contributed by atoms with van der Waals surface area (Å²) in [6.07, 6.45) is 8.17. The van der Waals surface area contributed by atoms with Crippen LogP contribution >= 0.6 is 0 Å². The Bertz CT molecular complexity index is 246. The third-order valence-corrected chi connectivity index (χ3v) is 3.98. The molecule has 0 radical (unpaired) electrons. The molecule has 1 N–H and O–H groups in total. The van der Waals surface area contributed by atoms with E-state index in [4.69, 9.17) is 5.11 Å². The molecular formula is C13H24N2O2. The van der Waals surface area contributed by atoms with Gasteiger partial charge in [-0.1, -0.05) is 12.8 Å². The maximum atomic E-state index is 12.4. The number of urea groups is 1. The van der Waals surface area contributed by atoms with Gasteiger partial charge in [-0.15, -0.1) is 0 Å². The van der Waals surface area contributed by atoms with Gasteiger partial charge in [0, 0.05) is 25.7 Å². The predicted molar refractivity (Wildman–Crippen MR) is 66.9 cm³/mol. The second-order valence-corrected chi connectivity index (χ2v) is 5.19. The summed E-state index contributed by atoms with van der Waals surface area (Å²) in [4.78, 5) is 16.3. The van der Waals surface area contributed by atoms with Gasteiger partial charge in [0.15, 0.2) is 0 Å². The Hall–Kier alpha value is -0.770. The van der Waals surface area contributed by atoms with Crippen molar-refractivity contribution in [2.75, 3.05) is 26.2 Å². The van der Waals surface area contributed by atoms with Crippen molar-refractivity contribution in [2.45, 2.75) is 51.0 Å². The van der Waals surface area contributed by atoms with Crippen molar-refractivity contribution in [2.24, 2.45) is 0 Å². The van der Waals surface area contributed by atoms with Gasteiger partial charge in [0.25, 0.3) is 0 Å².